The number of hydrogen-bond donors (Lipinski definition) is 3. The van der Waals surface area contributed by atoms with Gasteiger partial charge in [0.1, 0.15) is 12.7 Å². The van der Waals surface area contributed by atoms with Gasteiger partial charge < -0.3 is 20.7 Å². The van der Waals surface area contributed by atoms with Crippen molar-refractivity contribution in [3.05, 3.63) is 23.5 Å². The summed E-state index contributed by atoms with van der Waals surface area (Å²) < 4.78 is 18.1. The van der Waals surface area contributed by atoms with Crippen LogP contribution >= 0.6 is 0 Å². The molecule has 4 N–H and O–H groups in total. The predicted molar refractivity (Wildman–Crippen MR) is 53.4 cm³/mol. The number of aliphatic hydroxyl groups is 1. The van der Waals surface area contributed by atoms with E-state index in [2.05, 4.69) is 0 Å². The van der Waals surface area contributed by atoms with E-state index in [4.69, 9.17) is 15.6 Å². The number of phenolic OH excluding ortho intramolecular Hbond substituents is 1. The Morgan fingerprint density at radius 2 is 2.20 bits per heavy atom. The molecular weight excluding hydrogens is 201 g/mol. The van der Waals surface area contributed by atoms with E-state index in [1.807, 2.05) is 0 Å². The minimum absolute atomic E-state index is 0.0220. The average Bonchev–Trinajstić information content (AvgIpc) is 2.23. The Hall–Kier alpha value is -1.33. The quantitative estimate of drug-likeness (QED) is 0.685. The Balaban J connectivity index is 2.80. The van der Waals surface area contributed by atoms with E-state index in [1.165, 1.54) is 12.1 Å². The molecule has 84 valence electrons. The third-order valence-electron chi connectivity index (χ3n) is 1.98. The summed E-state index contributed by atoms with van der Waals surface area (Å²) in [5, 5.41) is 18.6. The molecule has 0 aromatic heterocycles. The number of benzene rings is 1. The number of aliphatic hydroxyl groups excluding tert-OH is 1. The molecule has 0 saturated carbocycles. The Morgan fingerprint density at radius 3 is 2.80 bits per heavy atom. The Labute approximate surface area is 87.1 Å². The van der Waals surface area contributed by atoms with Crippen molar-refractivity contribution in [1.29, 1.82) is 0 Å². The van der Waals surface area contributed by atoms with Crippen molar-refractivity contribution < 1.29 is 19.3 Å². The number of hydrogen-bond acceptors (Lipinski definition) is 4. The second-order valence-corrected chi connectivity index (χ2v) is 3.24. The lowest BCUT2D eigenvalue weighted by Gasteiger charge is -2.13. The van der Waals surface area contributed by atoms with Gasteiger partial charge in [-0.1, -0.05) is 6.07 Å². The maximum atomic E-state index is 13.2. The van der Waals surface area contributed by atoms with Gasteiger partial charge in [-0.2, -0.15) is 0 Å². The standard InChI is InChI=1S/C10H14FNO3/c1-6-2-3-8(11)10(9(6)14)15-5-7(13)4-12/h2-3,7,13-14H,4-5,12H2,1H3. The van der Waals surface area contributed by atoms with Gasteiger partial charge >= 0.3 is 0 Å². The van der Waals surface area contributed by atoms with Crippen molar-refractivity contribution in [3.63, 3.8) is 0 Å². The van der Waals surface area contributed by atoms with Gasteiger partial charge in [0.15, 0.2) is 17.3 Å². The highest BCUT2D eigenvalue weighted by Crippen LogP contribution is 2.32. The Bertz CT molecular complexity index is 344. The summed E-state index contributed by atoms with van der Waals surface area (Å²) in [6.45, 7) is 1.50. The van der Waals surface area contributed by atoms with Crippen LogP contribution in [0.3, 0.4) is 0 Å². The van der Waals surface area contributed by atoms with Crippen molar-refractivity contribution in [2.45, 2.75) is 13.0 Å². The fraction of sp³-hybridized carbons (Fsp3) is 0.400. The summed E-state index contributed by atoms with van der Waals surface area (Å²) in [6.07, 6.45) is -0.871. The fourth-order valence-electron chi connectivity index (χ4n) is 1.03. The summed E-state index contributed by atoms with van der Waals surface area (Å²) in [7, 11) is 0. The van der Waals surface area contributed by atoms with Crippen LogP contribution in [0.2, 0.25) is 0 Å². The third-order valence-corrected chi connectivity index (χ3v) is 1.98. The van der Waals surface area contributed by atoms with E-state index < -0.39 is 11.9 Å². The first-order chi connectivity index (χ1) is 7.06. The molecule has 5 heteroatoms. The highest BCUT2D eigenvalue weighted by atomic mass is 19.1. The molecule has 1 aromatic rings. The van der Waals surface area contributed by atoms with Crippen molar-refractivity contribution in [2.75, 3.05) is 13.2 Å². The summed E-state index contributed by atoms with van der Waals surface area (Å²) in [4.78, 5) is 0. The molecule has 1 aromatic carbocycles. The molecule has 0 aliphatic heterocycles. The van der Waals surface area contributed by atoms with E-state index >= 15 is 0 Å². The Morgan fingerprint density at radius 1 is 1.53 bits per heavy atom. The maximum absolute atomic E-state index is 13.2. The molecule has 0 radical (unpaired) electrons. The Kier molecular flexibility index (Phi) is 3.88. The number of ether oxygens (including phenoxy) is 1. The number of aromatic hydroxyl groups is 1. The van der Waals surface area contributed by atoms with Crippen LogP contribution in [-0.2, 0) is 0 Å². The first kappa shape index (κ1) is 11.7. The predicted octanol–water partition coefficient (Wildman–Crippen LogP) is 0.538. The van der Waals surface area contributed by atoms with Crippen molar-refractivity contribution in [3.8, 4) is 11.5 Å². The number of phenols is 1. The lowest BCUT2D eigenvalue weighted by molar-refractivity contribution is 0.110. The third kappa shape index (κ3) is 2.81. The van der Waals surface area contributed by atoms with Crippen molar-refractivity contribution in [2.24, 2.45) is 5.73 Å². The van der Waals surface area contributed by atoms with Crippen molar-refractivity contribution >= 4 is 0 Å². The molecule has 4 nitrogen and oxygen atoms in total. The fourth-order valence-corrected chi connectivity index (χ4v) is 1.03. The second-order valence-electron chi connectivity index (χ2n) is 3.24. The topological polar surface area (TPSA) is 75.7 Å². The number of aryl methyl sites for hydroxylation is 1. The molecule has 1 rings (SSSR count). The first-order valence-corrected chi connectivity index (χ1v) is 4.55. The van der Waals surface area contributed by atoms with E-state index in [-0.39, 0.29) is 24.7 Å². The van der Waals surface area contributed by atoms with E-state index in [0.717, 1.165) is 0 Å². The highest BCUT2D eigenvalue weighted by Gasteiger charge is 2.13. The number of nitrogens with two attached hydrogens (primary N) is 1. The molecule has 15 heavy (non-hydrogen) atoms. The molecule has 0 saturated heterocycles. The van der Waals surface area contributed by atoms with E-state index in [0.29, 0.717) is 5.56 Å². The molecule has 0 aliphatic rings. The van der Waals surface area contributed by atoms with Crippen LogP contribution in [0.1, 0.15) is 5.56 Å². The molecule has 0 spiro atoms. The molecule has 0 bridgehead atoms. The van der Waals surface area contributed by atoms with Gasteiger partial charge in [0, 0.05) is 6.54 Å². The lowest BCUT2D eigenvalue weighted by atomic mass is 10.2. The maximum Gasteiger partial charge on any atom is 0.197 e. The summed E-state index contributed by atoms with van der Waals surface area (Å²) in [6, 6.07) is 2.64. The lowest BCUT2D eigenvalue weighted by Crippen LogP contribution is -2.26. The normalized spacial score (nSPS) is 12.5. The van der Waals surface area contributed by atoms with Crippen LogP contribution in [0.5, 0.6) is 11.5 Å². The van der Waals surface area contributed by atoms with Crippen LogP contribution in [0.15, 0.2) is 12.1 Å². The van der Waals surface area contributed by atoms with Crippen LogP contribution in [-0.4, -0.2) is 29.5 Å². The van der Waals surface area contributed by atoms with Crippen LogP contribution in [0.4, 0.5) is 4.39 Å². The molecule has 1 unspecified atom stereocenters. The van der Waals surface area contributed by atoms with Gasteiger partial charge in [0.25, 0.3) is 0 Å². The first-order valence-electron chi connectivity index (χ1n) is 4.55. The molecule has 0 fully saturated rings. The zero-order valence-corrected chi connectivity index (χ0v) is 8.40. The minimum atomic E-state index is -0.871. The molecule has 1 atom stereocenters. The van der Waals surface area contributed by atoms with E-state index in [9.17, 15) is 9.50 Å². The minimum Gasteiger partial charge on any atom is -0.504 e. The van der Waals surface area contributed by atoms with Gasteiger partial charge in [-0.15, -0.1) is 0 Å². The monoisotopic (exact) mass is 215 g/mol. The average molecular weight is 215 g/mol. The summed E-state index contributed by atoms with van der Waals surface area (Å²) >= 11 is 0. The molecular formula is C10H14FNO3. The van der Waals surface area contributed by atoms with E-state index in [1.54, 1.807) is 6.92 Å². The molecule has 0 aliphatic carbocycles. The van der Waals surface area contributed by atoms with Crippen LogP contribution in [0.25, 0.3) is 0 Å². The van der Waals surface area contributed by atoms with Gasteiger partial charge in [-0.25, -0.2) is 4.39 Å². The van der Waals surface area contributed by atoms with Crippen LogP contribution in [0, 0.1) is 12.7 Å². The van der Waals surface area contributed by atoms with Crippen molar-refractivity contribution in [1.82, 2.24) is 0 Å². The summed E-state index contributed by atoms with van der Waals surface area (Å²) in [5.74, 6) is -1.16. The molecule has 0 amide bonds. The SMILES string of the molecule is Cc1ccc(F)c(OCC(O)CN)c1O. The van der Waals surface area contributed by atoms with Gasteiger partial charge in [-0.3, -0.25) is 0 Å². The largest absolute Gasteiger partial charge is 0.504 e. The second kappa shape index (κ2) is 4.95. The highest BCUT2D eigenvalue weighted by molar-refractivity contribution is 5.45. The van der Waals surface area contributed by atoms with Crippen LogP contribution < -0.4 is 10.5 Å². The zero-order chi connectivity index (χ0) is 11.4. The molecule has 0 heterocycles. The smallest absolute Gasteiger partial charge is 0.197 e. The summed E-state index contributed by atoms with van der Waals surface area (Å²) in [5.41, 5.74) is 5.66. The van der Waals surface area contributed by atoms with Gasteiger partial charge in [0.05, 0.1) is 0 Å². The number of rotatable bonds is 4. The number of halogens is 1. The van der Waals surface area contributed by atoms with Gasteiger partial charge in [-0.05, 0) is 18.6 Å². The van der Waals surface area contributed by atoms with Gasteiger partial charge in [0.2, 0.25) is 0 Å². The zero-order valence-electron chi connectivity index (χ0n) is 8.40.